The van der Waals surface area contributed by atoms with Gasteiger partial charge in [-0.3, -0.25) is 4.79 Å². The summed E-state index contributed by atoms with van der Waals surface area (Å²) in [5.74, 6) is -0.437. The molecule has 6 nitrogen and oxygen atoms in total. The number of hydrogen-bond acceptors (Lipinski definition) is 6. The van der Waals surface area contributed by atoms with Crippen LogP contribution < -0.4 is 0 Å². The van der Waals surface area contributed by atoms with Crippen molar-refractivity contribution in [3.63, 3.8) is 0 Å². The van der Waals surface area contributed by atoms with Gasteiger partial charge in [0.25, 0.3) is 0 Å². The number of esters is 1. The Hall–Kier alpha value is -1.63. The van der Waals surface area contributed by atoms with E-state index in [1.807, 2.05) is 13.8 Å². The maximum Gasteiger partial charge on any atom is 0.355 e. The molecular weight excluding hydrogens is 268 g/mol. The zero-order valence-corrected chi connectivity index (χ0v) is 11.9. The fraction of sp³-hybridized carbons (Fsp3) is 0.500. The highest BCUT2D eigenvalue weighted by atomic mass is 32.2. The van der Waals surface area contributed by atoms with E-state index < -0.39 is 5.97 Å². The highest BCUT2D eigenvalue weighted by Gasteiger charge is 2.16. The molecule has 1 aromatic rings. The highest BCUT2D eigenvalue weighted by Crippen LogP contribution is 2.23. The summed E-state index contributed by atoms with van der Waals surface area (Å²) in [5, 5.41) is 9.13. The summed E-state index contributed by atoms with van der Waals surface area (Å²) in [6.07, 6.45) is 1.71. The number of carbonyl (C=O) groups excluding carboxylic acids is 1. The van der Waals surface area contributed by atoms with Crippen LogP contribution >= 0.6 is 11.8 Å². The van der Waals surface area contributed by atoms with E-state index >= 15 is 0 Å². The lowest BCUT2D eigenvalue weighted by molar-refractivity contribution is -0.140. The average molecular weight is 284 g/mol. The molecule has 1 heterocycles. The van der Waals surface area contributed by atoms with Gasteiger partial charge in [-0.15, -0.1) is 11.8 Å². The van der Waals surface area contributed by atoms with E-state index in [0.717, 1.165) is 0 Å². The van der Waals surface area contributed by atoms with Gasteiger partial charge in [0.05, 0.1) is 18.4 Å². The molecule has 0 aliphatic heterocycles. The molecule has 7 heteroatoms. The zero-order valence-electron chi connectivity index (χ0n) is 11.0. The molecule has 1 rings (SSSR count). The first-order chi connectivity index (χ1) is 8.95. The van der Waals surface area contributed by atoms with Gasteiger partial charge in [0, 0.05) is 17.9 Å². The second kappa shape index (κ2) is 7.08. The van der Waals surface area contributed by atoms with Gasteiger partial charge >= 0.3 is 11.9 Å². The van der Waals surface area contributed by atoms with E-state index in [9.17, 15) is 9.59 Å². The monoisotopic (exact) mass is 284 g/mol. The second-order valence-corrected chi connectivity index (χ2v) is 5.21. The number of methoxy groups -OCH3 is 1. The number of carboxylic acids is 1. The van der Waals surface area contributed by atoms with Crippen LogP contribution in [0.4, 0.5) is 0 Å². The molecule has 0 aliphatic rings. The average Bonchev–Trinajstić information content (AvgIpc) is 2.38. The predicted octanol–water partition coefficient (Wildman–Crippen LogP) is 1.95. The predicted molar refractivity (Wildman–Crippen MR) is 70.4 cm³/mol. The van der Waals surface area contributed by atoms with Crippen molar-refractivity contribution in [2.24, 2.45) is 0 Å². The Morgan fingerprint density at radius 1 is 1.47 bits per heavy atom. The molecule has 1 aromatic heterocycles. The quantitative estimate of drug-likeness (QED) is 0.630. The minimum atomic E-state index is -1.09. The molecule has 19 heavy (non-hydrogen) atoms. The van der Waals surface area contributed by atoms with E-state index in [1.54, 1.807) is 0 Å². The third-order valence-electron chi connectivity index (χ3n) is 2.28. The van der Waals surface area contributed by atoms with Crippen molar-refractivity contribution in [2.45, 2.75) is 31.1 Å². The summed E-state index contributed by atoms with van der Waals surface area (Å²) in [7, 11) is 1.32. The number of carbonyl (C=O) groups is 2. The molecule has 0 bridgehead atoms. The van der Waals surface area contributed by atoms with Crippen LogP contribution in [0.25, 0.3) is 0 Å². The maximum atomic E-state index is 11.2. The molecule has 1 N–H and O–H groups in total. The van der Waals surface area contributed by atoms with Gasteiger partial charge in [-0.05, 0) is 0 Å². The Balaban J connectivity index is 2.82. The lowest BCUT2D eigenvalue weighted by atomic mass is 10.2. The molecule has 0 spiro atoms. The van der Waals surface area contributed by atoms with Crippen LogP contribution in [0, 0.1) is 0 Å². The van der Waals surface area contributed by atoms with Gasteiger partial charge in [-0.25, -0.2) is 14.8 Å². The van der Waals surface area contributed by atoms with Crippen molar-refractivity contribution in [3.05, 3.63) is 17.7 Å². The van der Waals surface area contributed by atoms with Gasteiger partial charge in [-0.1, -0.05) is 13.8 Å². The molecule has 0 saturated carbocycles. The molecule has 0 radical (unpaired) electrons. The van der Waals surface area contributed by atoms with Crippen molar-refractivity contribution in [3.8, 4) is 0 Å². The Morgan fingerprint density at radius 2 is 2.16 bits per heavy atom. The Bertz CT molecular complexity index is 477. The van der Waals surface area contributed by atoms with Crippen LogP contribution in [0.5, 0.6) is 0 Å². The third kappa shape index (κ3) is 4.51. The number of rotatable bonds is 6. The van der Waals surface area contributed by atoms with Crippen LogP contribution in [-0.2, 0) is 9.53 Å². The minimum absolute atomic E-state index is 0.0198. The van der Waals surface area contributed by atoms with Gasteiger partial charge in [0.2, 0.25) is 0 Å². The second-order valence-electron chi connectivity index (χ2n) is 4.08. The smallest absolute Gasteiger partial charge is 0.355 e. The molecule has 0 amide bonds. The molecule has 0 aromatic carbocycles. The molecule has 0 unspecified atom stereocenters. The molecule has 0 atom stereocenters. The van der Waals surface area contributed by atoms with Crippen LogP contribution in [0.1, 0.15) is 42.5 Å². The number of hydrogen-bond donors (Lipinski definition) is 1. The topological polar surface area (TPSA) is 89.4 Å². The van der Waals surface area contributed by atoms with E-state index in [1.165, 1.54) is 25.1 Å². The largest absolute Gasteiger partial charge is 0.476 e. The first-order valence-corrected chi connectivity index (χ1v) is 6.74. The zero-order chi connectivity index (χ0) is 14.4. The summed E-state index contributed by atoms with van der Waals surface area (Å²) in [6.45, 7) is 3.79. The summed E-state index contributed by atoms with van der Waals surface area (Å²) in [5.41, 5.74) is -0.0198. The van der Waals surface area contributed by atoms with Crippen molar-refractivity contribution in [2.75, 3.05) is 12.9 Å². The Morgan fingerprint density at radius 3 is 2.68 bits per heavy atom. The normalized spacial score (nSPS) is 10.5. The molecule has 104 valence electrons. The third-order valence-corrected chi connectivity index (χ3v) is 3.30. The Kier molecular flexibility index (Phi) is 5.75. The maximum absolute atomic E-state index is 11.2. The van der Waals surface area contributed by atoms with Crippen molar-refractivity contribution >= 4 is 23.7 Å². The number of aromatic nitrogens is 2. The van der Waals surface area contributed by atoms with E-state index in [2.05, 4.69) is 14.7 Å². The first kappa shape index (κ1) is 15.4. The highest BCUT2D eigenvalue weighted by molar-refractivity contribution is 7.99. The number of aromatic carboxylic acids is 1. The van der Waals surface area contributed by atoms with Crippen LogP contribution in [0.2, 0.25) is 0 Å². The molecule has 0 aliphatic carbocycles. The van der Waals surface area contributed by atoms with Crippen molar-refractivity contribution in [1.29, 1.82) is 0 Å². The fourth-order valence-electron chi connectivity index (χ4n) is 1.27. The van der Waals surface area contributed by atoms with Crippen molar-refractivity contribution in [1.82, 2.24) is 9.97 Å². The van der Waals surface area contributed by atoms with Crippen molar-refractivity contribution < 1.29 is 19.4 Å². The summed E-state index contributed by atoms with van der Waals surface area (Å²) in [4.78, 5) is 30.8. The summed E-state index contributed by atoms with van der Waals surface area (Å²) < 4.78 is 4.52. The Labute approximate surface area is 115 Å². The van der Waals surface area contributed by atoms with Gasteiger partial charge < -0.3 is 9.84 Å². The lowest BCUT2D eigenvalue weighted by Crippen LogP contribution is -2.09. The molecule has 0 saturated heterocycles. The lowest BCUT2D eigenvalue weighted by Gasteiger charge is -2.08. The summed E-state index contributed by atoms with van der Waals surface area (Å²) >= 11 is 1.23. The van der Waals surface area contributed by atoms with Gasteiger partial charge in [0.1, 0.15) is 5.82 Å². The van der Waals surface area contributed by atoms with E-state index in [-0.39, 0.29) is 24.0 Å². The molecule has 0 fully saturated rings. The minimum Gasteiger partial charge on any atom is -0.476 e. The van der Waals surface area contributed by atoms with Gasteiger partial charge in [-0.2, -0.15) is 0 Å². The van der Waals surface area contributed by atoms with Crippen LogP contribution in [0.15, 0.2) is 11.1 Å². The number of carboxylic acid groups (broad SMARTS) is 1. The van der Waals surface area contributed by atoms with E-state index in [0.29, 0.717) is 16.5 Å². The van der Waals surface area contributed by atoms with E-state index in [4.69, 9.17) is 5.11 Å². The number of ether oxygens (including phenoxy) is 1. The van der Waals surface area contributed by atoms with Gasteiger partial charge in [0.15, 0.2) is 5.69 Å². The van der Waals surface area contributed by atoms with Crippen LogP contribution in [0.3, 0.4) is 0 Å². The SMILES string of the molecule is COC(=O)CCSc1cnc(C(C)C)nc1C(=O)O. The number of nitrogens with zero attached hydrogens (tertiary/aromatic N) is 2. The summed E-state index contributed by atoms with van der Waals surface area (Å²) in [6, 6.07) is 0. The first-order valence-electron chi connectivity index (χ1n) is 5.75. The fourth-order valence-corrected chi connectivity index (χ4v) is 2.15. The standard InChI is InChI=1S/C12H16N2O4S/c1-7(2)11-13-6-8(10(14-11)12(16)17)19-5-4-9(15)18-3/h6-7H,4-5H2,1-3H3,(H,16,17). The molecular formula is C12H16N2O4S. The number of thioether (sulfide) groups is 1. The van der Waals surface area contributed by atoms with Crippen LogP contribution in [-0.4, -0.2) is 39.9 Å².